The summed E-state index contributed by atoms with van der Waals surface area (Å²) in [6.45, 7) is 0.898. The second-order valence-corrected chi connectivity index (χ2v) is 7.49. The number of thioether (sulfide) groups is 1. The first-order valence-corrected chi connectivity index (χ1v) is 8.91. The SMILES string of the molecule is Nc1cc(NCC2CCSCC2)ccc1S(N)(=O)=O. The van der Waals surface area contributed by atoms with Gasteiger partial charge in [0.15, 0.2) is 0 Å². The van der Waals surface area contributed by atoms with E-state index in [-0.39, 0.29) is 10.6 Å². The Labute approximate surface area is 118 Å². The van der Waals surface area contributed by atoms with Gasteiger partial charge in [-0.2, -0.15) is 11.8 Å². The summed E-state index contributed by atoms with van der Waals surface area (Å²) in [7, 11) is -3.74. The van der Waals surface area contributed by atoms with Crippen molar-refractivity contribution in [3.8, 4) is 0 Å². The van der Waals surface area contributed by atoms with Crippen molar-refractivity contribution in [2.24, 2.45) is 11.1 Å². The van der Waals surface area contributed by atoms with E-state index in [1.54, 1.807) is 12.1 Å². The highest BCUT2D eigenvalue weighted by atomic mass is 32.2. The second kappa shape index (κ2) is 6.02. The number of nitrogens with one attached hydrogen (secondary N) is 1. The molecular formula is C12H19N3O2S2. The van der Waals surface area contributed by atoms with Crippen LogP contribution in [0.2, 0.25) is 0 Å². The molecule has 0 aliphatic carbocycles. The number of hydrogen-bond acceptors (Lipinski definition) is 5. The molecule has 5 N–H and O–H groups in total. The van der Waals surface area contributed by atoms with Gasteiger partial charge in [0.1, 0.15) is 4.90 Å². The fourth-order valence-corrected chi connectivity index (χ4v) is 3.98. The minimum Gasteiger partial charge on any atom is -0.398 e. The highest BCUT2D eigenvalue weighted by Crippen LogP contribution is 2.25. The molecule has 106 valence electrons. The lowest BCUT2D eigenvalue weighted by molar-refractivity contribution is 0.516. The van der Waals surface area contributed by atoms with Gasteiger partial charge in [0.25, 0.3) is 0 Å². The molecule has 1 fully saturated rings. The zero-order valence-corrected chi connectivity index (χ0v) is 12.3. The third-order valence-electron chi connectivity index (χ3n) is 3.25. The Morgan fingerprint density at radius 1 is 1.32 bits per heavy atom. The molecule has 0 spiro atoms. The molecule has 0 amide bonds. The van der Waals surface area contributed by atoms with E-state index in [1.165, 1.54) is 30.4 Å². The van der Waals surface area contributed by atoms with Crippen LogP contribution in [0, 0.1) is 5.92 Å². The van der Waals surface area contributed by atoms with Crippen LogP contribution in [0.5, 0.6) is 0 Å². The predicted molar refractivity (Wildman–Crippen MR) is 80.8 cm³/mol. The molecular weight excluding hydrogens is 282 g/mol. The van der Waals surface area contributed by atoms with Crippen LogP contribution in [0.4, 0.5) is 11.4 Å². The van der Waals surface area contributed by atoms with E-state index in [0.717, 1.165) is 12.2 Å². The molecule has 2 rings (SSSR count). The maximum absolute atomic E-state index is 11.2. The van der Waals surface area contributed by atoms with Gasteiger partial charge >= 0.3 is 0 Å². The van der Waals surface area contributed by atoms with Gasteiger partial charge in [0, 0.05) is 12.2 Å². The number of benzene rings is 1. The second-order valence-electron chi connectivity index (χ2n) is 4.73. The van der Waals surface area contributed by atoms with Crippen molar-refractivity contribution in [3.63, 3.8) is 0 Å². The molecule has 1 aromatic rings. The first kappa shape index (κ1) is 14.5. The number of rotatable bonds is 4. The van der Waals surface area contributed by atoms with Gasteiger partial charge < -0.3 is 11.1 Å². The monoisotopic (exact) mass is 301 g/mol. The Morgan fingerprint density at radius 3 is 2.58 bits per heavy atom. The molecule has 19 heavy (non-hydrogen) atoms. The molecule has 0 radical (unpaired) electrons. The molecule has 7 heteroatoms. The molecule has 0 aromatic heterocycles. The minimum atomic E-state index is -3.74. The highest BCUT2D eigenvalue weighted by molar-refractivity contribution is 7.99. The van der Waals surface area contributed by atoms with Gasteiger partial charge in [-0.25, -0.2) is 13.6 Å². The van der Waals surface area contributed by atoms with Crippen molar-refractivity contribution in [2.45, 2.75) is 17.7 Å². The van der Waals surface area contributed by atoms with E-state index in [2.05, 4.69) is 5.32 Å². The molecule has 0 bridgehead atoms. The van der Waals surface area contributed by atoms with E-state index in [1.807, 2.05) is 11.8 Å². The molecule has 0 unspecified atom stereocenters. The van der Waals surface area contributed by atoms with Gasteiger partial charge in [-0.1, -0.05) is 0 Å². The zero-order valence-electron chi connectivity index (χ0n) is 10.6. The van der Waals surface area contributed by atoms with Gasteiger partial charge in [-0.15, -0.1) is 0 Å². The van der Waals surface area contributed by atoms with Gasteiger partial charge in [0.2, 0.25) is 10.0 Å². The lowest BCUT2D eigenvalue weighted by atomic mass is 10.0. The quantitative estimate of drug-likeness (QED) is 0.732. The number of sulfonamides is 1. The summed E-state index contributed by atoms with van der Waals surface area (Å²) in [5.41, 5.74) is 6.74. The first-order valence-electron chi connectivity index (χ1n) is 6.21. The predicted octanol–water partition coefficient (Wildman–Crippen LogP) is 1.47. The van der Waals surface area contributed by atoms with Crippen molar-refractivity contribution in [3.05, 3.63) is 18.2 Å². The Morgan fingerprint density at radius 2 is 2.00 bits per heavy atom. The third kappa shape index (κ3) is 4.02. The summed E-state index contributed by atoms with van der Waals surface area (Å²) in [4.78, 5) is -0.0212. The van der Waals surface area contributed by atoms with Crippen molar-refractivity contribution in [2.75, 3.05) is 29.1 Å². The standard InChI is InChI=1S/C12H19N3O2S2/c13-11-7-10(1-2-12(11)19(14,16)17)15-8-9-3-5-18-6-4-9/h1-2,7,9,15H,3-6,8,13H2,(H2,14,16,17). The molecule has 0 saturated carbocycles. The van der Waals surface area contributed by atoms with Crippen molar-refractivity contribution < 1.29 is 8.42 Å². The third-order valence-corrected chi connectivity index (χ3v) is 5.29. The maximum atomic E-state index is 11.2. The van der Waals surface area contributed by atoms with Crippen LogP contribution < -0.4 is 16.2 Å². The Bertz CT molecular complexity index is 540. The Hall–Kier alpha value is -0.920. The average Bonchev–Trinajstić information content (AvgIpc) is 2.36. The van der Waals surface area contributed by atoms with Crippen molar-refractivity contribution >= 4 is 33.2 Å². The lowest BCUT2D eigenvalue weighted by Gasteiger charge is -2.22. The lowest BCUT2D eigenvalue weighted by Crippen LogP contribution is -2.19. The zero-order chi connectivity index (χ0) is 13.9. The fraction of sp³-hybridized carbons (Fsp3) is 0.500. The van der Waals surface area contributed by atoms with Gasteiger partial charge in [-0.05, 0) is 48.5 Å². The largest absolute Gasteiger partial charge is 0.398 e. The number of nitrogens with two attached hydrogens (primary N) is 2. The topological polar surface area (TPSA) is 98.2 Å². The van der Waals surface area contributed by atoms with Crippen LogP contribution in [-0.4, -0.2) is 26.5 Å². The van der Waals surface area contributed by atoms with Crippen LogP contribution in [0.3, 0.4) is 0 Å². The maximum Gasteiger partial charge on any atom is 0.240 e. The van der Waals surface area contributed by atoms with Gasteiger partial charge in [-0.3, -0.25) is 0 Å². The molecule has 1 saturated heterocycles. The average molecular weight is 301 g/mol. The minimum absolute atomic E-state index is 0.0212. The fourth-order valence-electron chi connectivity index (χ4n) is 2.13. The van der Waals surface area contributed by atoms with E-state index < -0.39 is 10.0 Å². The number of nitrogen functional groups attached to an aromatic ring is 1. The summed E-state index contributed by atoms with van der Waals surface area (Å²) in [6.07, 6.45) is 2.45. The van der Waals surface area contributed by atoms with E-state index in [9.17, 15) is 8.42 Å². The summed E-state index contributed by atoms with van der Waals surface area (Å²) >= 11 is 2.00. The number of primary sulfonamides is 1. The molecule has 1 aliphatic heterocycles. The van der Waals surface area contributed by atoms with Crippen molar-refractivity contribution in [1.29, 1.82) is 0 Å². The first-order chi connectivity index (χ1) is 8.97. The van der Waals surface area contributed by atoms with Crippen LogP contribution in [0.25, 0.3) is 0 Å². The van der Waals surface area contributed by atoms with Crippen LogP contribution in [0.1, 0.15) is 12.8 Å². The normalized spacial score (nSPS) is 17.3. The van der Waals surface area contributed by atoms with E-state index in [4.69, 9.17) is 10.9 Å². The smallest absolute Gasteiger partial charge is 0.240 e. The Balaban J connectivity index is 2.00. The molecule has 1 heterocycles. The summed E-state index contributed by atoms with van der Waals surface area (Å²) in [5.74, 6) is 3.12. The van der Waals surface area contributed by atoms with Crippen LogP contribution in [0.15, 0.2) is 23.1 Å². The van der Waals surface area contributed by atoms with Crippen LogP contribution in [-0.2, 0) is 10.0 Å². The van der Waals surface area contributed by atoms with Crippen LogP contribution >= 0.6 is 11.8 Å². The molecule has 1 aromatic carbocycles. The number of hydrogen-bond donors (Lipinski definition) is 3. The highest BCUT2D eigenvalue weighted by Gasteiger charge is 2.15. The summed E-state index contributed by atoms with van der Waals surface area (Å²) in [6, 6.07) is 4.77. The summed E-state index contributed by atoms with van der Waals surface area (Å²) in [5, 5.41) is 8.38. The summed E-state index contributed by atoms with van der Waals surface area (Å²) < 4.78 is 22.5. The number of anilines is 2. The van der Waals surface area contributed by atoms with Crippen molar-refractivity contribution in [1.82, 2.24) is 0 Å². The van der Waals surface area contributed by atoms with E-state index >= 15 is 0 Å². The molecule has 0 atom stereocenters. The molecule has 5 nitrogen and oxygen atoms in total. The Kier molecular flexibility index (Phi) is 4.59. The molecule has 1 aliphatic rings. The van der Waals surface area contributed by atoms with E-state index in [0.29, 0.717) is 5.92 Å². The van der Waals surface area contributed by atoms with Gasteiger partial charge in [0.05, 0.1) is 5.69 Å².